The highest BCUT2D eigenvalue weighted by molar-refractivity contribution is 6.08. The molecule has 3 rings (SSSR count). The predicted molar refractivity (Wildman–Crippen MR) is 89.7 cm³/mol. The fourth-order valence-electron chi connectivity index (χ4n) is 2.37. The third kappa shape index (κ3) is 3.52. The first kappa shape index (κ1) is 16.3. The summed E-state index contributed by atoms with van der Waals surface area (Å²) in [4.78, 5) is 22.8. The summed E-state index contributed by atoms with van der Waals surface area (Å²) in [6.45, 7) is 0. The van der Waals surface area contributed by atoms with Crippen molar-refractivity contribution in [3.05, 3.63) is 76.2 Å². The monoisotopic (exact) mass is 340 g/mol. The lowest BCUT2D eigenvalue weighted by Crippen LogP contribution is -2.12. The fraction of sp³-hybridized carbons (Fsp3) is 0.0588. The minimum Gasteiger partial charge on any atom is -0.322 e. The third-order valence-electron chi connectivity index (χ3n) is 3.51. The zero-order valence-corrected chi connectivity index (χ0v) is 13.1. The molecule has 0 aliphatic heterocycles. The zero-order chi connectivity index (χ0) is 18.0. The van der Waals surface area contributed by atoms with Crippen LogP contribution >= 0.6 is 0 Å². The number of aromatic nitrogens is 2. The van der Waals surface area contributed by atoms with E-state index in [9.17, 15) is 19.3 Å². The van der Waals surface area contributed by atoms with E-state index in [-0.39, 0.29) is 11.3 Å². The van der Waals surface area contributed by atoms with Crippen LogP contribution in [0.15, 0.2) is 54.7 Å². The number of amides is 1. The second kappa shape index (κ2) is 6.52. The van der Waals surface area contributed by atoms with Gasteiger partial charge in [0.2, 0.25) is 0 Å². The molecular formula is C17H13FN4O3. The molecule has 1 amide bonds. The van der Waals surface area contributed by atoms with Gasteiger partial charge in [-0.05, 0) is 30.3 Å². The quantitative estimate of drug-likeness (QED) is 0.582. The molecule has 25 heavy (non-hydrogen) atoms. The minimum atomic E-state index is -0.500. The summed E-state index contributed by atoms with van der Waals surface area (Å²) < 4.78 is 14.7. The van der Waals surface area contributed by atoms with Gasteiger partial charge in [-0.1, -0.05) is 6.07 Å². The Labute approximate surface area is 141 Å². The summed E-state index contributed by atoms with van der Waals surface area (Å²) >= 11 is 0. The molecule has 0 fully saturated rings. The van der Waals surface area contributed by atoms with Gasteiger partial charge in [-0.3, -0.25) is 19.6 Å². The number of nitrogens with one attached hydrogen (secondary N) is 1. The van der Waals surface area contributed by atoms with Crippen LogP contribution in [0.5, 0.6) is 0 Å². The topological polar surface area (TPSA) is 90.1 Å². The van der Waals surface area contributed by atoms with Gasteiger partial charge < -0.3 is 5.32 Å². The van der Waals surface area contributed by atoms with Crippen LogP contribution in [0.25, 0.3) is 11.3 Å². The third-order valence-corrected chi connectivity index (χ3v) is 3.51. The number of hydrogen-bond donors (Lipinski definition) is 1. The predicted octanol–water partition coefficient (Wildman–Crippen LogP) is 3.39. The number of rotatable bonds is 4. The number of nitro groups is 1. The van der Waals surface area contributed by atoms with E-state index in [1.54, 1.807) is 13.1 Å². The van der Waals surface area contributed by atoms with Gasteiger partial charge in [0.05, 0.1) is 10.5 Å². The number of benzene rings is 2. The maximum Gasteiger partial charge on any atom is 0.269 e. The second-order valence-corrected chi connectivity index (χ2v) is 5.33. The Morgan fingerprint density at radius 2 is 1.96 bits per heavy atom. The molecule has 2 aromatic carbocycles. The van der Waals surface area contributed by atoms with Crippen molar-refractivity contribution >= 4 is 17.3 Å². The molecule has 3 aromatic rings. The summed E-state index contributed by atoms with van der Waals surface area (Å²) in [5.41, 5.74) is 1.50. The summed E-state index contributed by atoms with van der Waals surface area (Å²) in [6.07, 6.45) is 1.53. The molecule has 0 bridgehead atoms. The molecule has 8 heteroatoms. The molecule has 1 aromatic heterocycles. The number of nitrogens with zero attached hydrogens (tertiary/aromatic N) is 3. The van der Waals surface area contributed by atoms with Crippen LogP contribution in [0.3, 0.4) is 0 Å². The Bertz CT molecular complexity index is 951. The van der Waals surface area contributed by atoms with Crippen LogP contribution in [0.2, 0.25) is 0 Å². The second-order valence-electron chi connectivity index (χ2n) is 5.33. The van der Waals surface area contributed by atoms with Gasteiger partial charge in [0.15, 0.2) is 0 Å². The highest BCUT2D eigenvalue weighted by Gasteiger charge is 2.18. The Balaban J connectivity index is 1.92. The Kier molecular flexibility index (Phi) is 4.25. The maximum absolute atomic E-state index is 13.2. The zero-order valence-electron chi connectivity index (χ0n) is 13.1. The molecule has 0 saturated heterocycles. The Morgan fingerprint density at radius 3 is 2.60 bits per heavy atom. The molecular weight excluding hydrogens is 327 g/mol. The molecule has 0 aliphatic rings. The molecule has 0 radical (unpaired) electrons. The molecule has 0 saturated carbocycles. The van der Waals surface area contributed by atoms with Gasteiger partial charge in [-0.2, -0.15) is 5.10 Å². The maximum atomic E-state index is 13.2. The van der Waals surface area contributed by atoms with Gasteiger partial charge >= 0.3 is 0 Å². The van der Waals surface area contributed by atoms with E-state index in [1.165, 1.54) is 53.3 Å². The lowest BCUT2D eigenvalue weighted by atomic mass is 10.1. The van der Waals surface area contributed by atoms with Gasteiger partial charge in [-0.25, -0.2) is 4.39 Å². The van der Waals surface area contributed by atoms with E-state index in [2.05, 4.69) is 10.4 Å². The Hall–Kier alpha value is -3.55. The van der Waals surface area contributed by atoms with E-state index in [0.717, 1.165) is 0 Å². The lowest BCUT2D eigenvalue weighted by molar-refractivity contribution is -0.384. The highest BCUT2D eigenvalue weighted by atomic mass is 19.1. The molecule has 7 nitrogen and oxygen atoms in total. The van der Waals surface area contributed by atoms with Crippen molar-refractivity contribution < 1.29 is 14.1 Å². The number of non-ortho nitro benzene ring substituents is 1. The van der Waals surface area contributed by atoms with Crippen LogP contribution < -0.4 is 5.32 Å². The van der Waals surface area contributed by atoms with E-state index in [1.807, 2.05) is 0 Å². The van der Waals surface area contributed by atoms with Crippen LogP contribution in [-0.4, -0.2) is 20.6 Å². The van der Waals surface area contributed by atoms with E-state index >= 15 is 0 Å². The molecule has 1 heterocycles. The van der Waals surface area contributed by atoms with E-state index in [0.29, 0.717) is 16.9 Å². The number of carbonyl (C=O) groups excluding carboxylic acids is 1. The van der Waals surface area contributed by atoms with Crippen molar-refractivity contribution in [3.63, 3.8) is 0 Å². The standard InChI is InChI=1S/C17H13FN4O3/c1-21-10-15(17(23)19-13-4-2-3-12(18)9-13)16(20-21)11-5-7-14(8-6-11)22(24)25/h2-10H,1H3,(H,19,23). The van der Waals surface area contributed by atoms with Gasteiger partial charge in [0.1, 0.15) is 11.5 Å². The number of aryl methyl sites for hydroxylation is 1. The van der Waals surface area contributed by atoms with E-state index in [4.69, 9.17) is 0 Å². The molecule has 0 spiro atoms. The summed E-state index contributed by atoms with van der Waals surface area (Å²) in [6, 6.07) is 11.3. The lowest BCUT2D eigenvalue weighted by Gasteiger charge is -2.05. The summed E-state index contributed by atoms with van der Waals surface area (Å²) in [7, 11) is 1.66. The number of halogens is 1. The van der Waals surface area contributed by atoms with Crippen molar-refractivity contribution in [2.45, 2.75) is 0 Å². The molecule has 0 atom stereocenters. The molecule has 1 N–H and O–H groups in total. The largest absolute Gasteiger partial charge is 0.322 e. The summed E-state index contributed by atoms with van der Waals surface area (Å²) in [5, 5.41) is 17.6. The number of anilines is 1. The van der Waals surface area contributed by atoms with Crippen molar-refractivity contribution in [2.24, 2.45) is 7.05 Å². The Morgan fingerprint density at radius 1 is 1.24 bits per heavy atom. The first-order valence-corrected chi connectivity index (χ1v) is 7.29. The van der Waals surface area contributed by atoms with Crippen molar-refractivity contribution in [1.29, 1.82) is 0 Å². The van der Waals surface area contributed by atoms with Gasteiger partial charge in [0, 0.05) is 36.6 Å². The minimum absolute atomic E-state index is 0.0505. The van der Waals surface area contributed by atoms with Crippen LogP contribution in [0, 0.1) is 15.9 Å². The van der Waals surface area contributed by atoms with E-state index < -0.39 is 16.6 Å². The molecule has 0 aliphatic carbocycles. The number of hydrogen-bond acceptors (Lipinski definition) is 4. The van der Waals surface area contributed by atoms with Crippen molar-refractivity contribution in [3.8, 4) is 11.3 Å². The van der Waals surface area contributed by atoms with Gasteiger partial charge in [0.25, 0.3) is 11.6 Å². The van der Waals surface area contributed by atoms with Crippen LogP contribution in [0.1, 0.15) is 10.4 Å². The smallest absolute Gasteiger partial charge is 0.269 e. The first-order chi connectivity index (χ1) is 11.9. The summed E-state index contributed by atoms with van der Waals surface area (Å²) in [5.74, 6) is -0.911. The normalized spacial score (nSPS) is 10.5. The SMILES string of the molecule is Cn1cc(C(=O)Nc2cccc(F)c2)c(-c2ccc([N+](=O)[O-])cc2)n1. The van der Waals surface area contributed by atoms with Gasteiger partial charge in [-0.15, -0.1) is 0 Å². The van der Waals surface area contributed by atoms with Crippen LogP contribution in [0.4, 0.5) is 15.8 Å². The van der Waals surface area contributed by atoms with Crippen LogP contribution in [-0.2, 0) is 7.05 Å². The van der Waals surface area contributed by atoms with Crippen molar-refractivity contribution in [2.75, 3.05) is 5.32 Å². The number of nitro benzene ring substituents is 1. The highest BCUT2D eigenvalue weighted by Crippen LogP contribution is 2.25. The molecule has 0 unspecified atom stereocenters. The molecule has 126 valence electrons. The fourth-order valence-corrected chi connectivity index (χ4v) is 2.37. The average Bonchev–Trinajstić information content (AvgIpc) is 2.97. The average molecular weight is 340 g/mol. The first-order valence-electron chi connectivity index (χ1n) is 7.29. The number of carbonyl (C=O) groups is 1. The van der Waals surface area contributed by atoms with Crippen molar-refractivity contribution in [1.82, 2.24) is 9.78 Å².